The minimum atomic E-state index is -0.148. The average Bonchev–Trinajstić information content (AvgIpc) is 2.71. The summed E-state index contributed by atoms with van der Waals surface area (Å²) in [4.78, 5) is 14.6. The molecule has 1 aliphatic heterocycles. The van der Waals surface area contributed by atoms with Crippen LogP contribution < -0.4 is 5.32 Å². The number of piperidine rings is 1. The Kier molecular flexibility index (Phi) is 7.92. The Hall–Kier alpha value is -1.85. The van der Waals surface area contributed by atoms with Gasteiger partial charge in [-0.3, -0.25) is 9.69 Å². The number of halogens is 1. The van der Waals surface area contributed by atoms with Gasteiger partial charge in [0.05, 0.1) is 0 Å². The topological polar surface area (TPSA) is 32.3 Å². The molecule has 0 radical (unpaired) electrons. The molecule has 0 aromatic heterocycles. The minimum Gasteiger partial charge on any atom is -0.355 e. The maximum absolute atomic E-state index is 13.8. The Morgan fingerprint density at radius 1 is 1.11 bits per heavy atom. The zero-order valence-corrected chi connectivity index (χ0v) is 17.3. The van der Waals surface area contributed by atoms with Crippen LogP contribution in [0.25, 0.3) is 0 Å². The van der Waals surface area contributed by atoms with E-state index in [0.29, 0.717) is 13.1 Å². The van der Waals surface area contributed by atoms with Crippen LogP contribution in [0.1, 0.15) is 29.5 Å². The van der Waals surface area contributed by atoms with Crippen molar-refractivity contribution in [1.29, 1.82) is 0 Å². The zero-order chi connectivity index (χ0) is 19.8. The lowest BCUT2D eigenvalue weighted by Gasteiger charge is -2.31. The van der Waals surface area contributed by atoms with Crippen LogP contribution in [0.5, 0.6) is 0 Å². The van der Waals surface area contributed by atoms with Crippen molar-refractivity contribution in [3.8, 4) is 0 Å². The van der Waals surface area contributed by atoms with Crippen LogP contribution in [0.2, 0.25) is 0 Å². The summed E-state index contributed by atoms with van der Waals surface area (Å²) in [5, 5.41) is 3.09. The molecule has 0 bridgehead atoms. The Labute approximate surface area is 171 Å². The van der Waals surface area contributed by atoms with Crippen molar-refractivity contribution >= 4 is 17.7 Å². The van der Waals surface area contributed by atoms with Gasteiger partial charge in [-0.25, -0.2) is 4.39 Å². The van der Waals surface area contributed by atoms with Gasteiger partial charge in [0.25, 0.3) is 0 Å². The first-order chi connectivity index (χ1) is 13.6. The molecule has 1 saturated heterocycles. The fraction of sp³-hybridized carbons (Fsp3) is 0.435. The van der Waals surface area contributed by atoms with E-state index < -0.39 is 0 Å². The van der Waals surface area contributed by atoms with Gasteiger partial charge >= 0.3 is 0 Å². The molecular formula is C23H29FN2OS. The highest BCUT2D eigenvalue weighted by Crippen LogP contribution is 2.20. The molecule has 28 heavy (non-hydrogen) atoms. The summed E-state index contributed by atoms with van der Waals surface area (Å²) >= 11 is 1.85. The summed E-state index contributed by atoms with van der Waals surface area (Å²) in [6.45, 7) is 5.15. The highest BCUT2D eigenvalue weighted by molar-refractivity contribution is 7.98. The van der Waals surface area contributed by atoms with Crippen molar-refractivity contribution in [2.24, 2.45) is 5.92 Å². The molecule has 150 valence electrons. The van der Waals surface area contributed by atoms with Gasteiger partial charge in [0.2, 0.25) is 5.91 Å². The highest BCUT2D eigenvalue weighted by atomic mass is 32.2. The molecule has 1 N–H and O–H groups in total. The van der Waals surface area contributed by atoms with E-state index in [9.17, 15) is 9.18 Å². The maximum Gasteiger partial charge on any atom is 0.223 e. The second-order valence-corrected chi connectivity index (χ2v) is 8.52. The van der Waals surface area contributed by atoms with Crippen molar-refractivity contribution < 1.29 is 9.18 Å². The van der Waals surface area contributed by atoms with Crippen LogP contribution >= 0.6 is 11.8 Å². The van der Waals surface area contributed by atoms with E-state index in [0.717, 1.165) is 43.0 Å². The molecule has 0 atom stereocenters. The number of nitrogens with one attached hydrogen (secondary N) is 1. The van der Waals surface area contributed by atoms with Gasteiger partial charge in [-0.1, -0.05) is 42.5 Å². The van der Waals surface area contributed by atoms with Crippen molar-refractivity contribution in [3.05, 3.63) is 71.0 Å². The first-order valence-corrected chi connectivity index (χ1v) is 11.1. The number of rotatable bonds is 8. The summed E-state index contributed by atoms with van der Waals surface area (Å²) in [5.41, 5.74) is 3.42. The Bertz CT molecular complexity index is 775. The second kappa shape index (κ2) is 10.6. The summed E-state index contributed by atoms with van der Waals surface area (Å²) in [6.07, 6.45) is 1.69. The summed E-state index contributed by atoms with van der Waals surface area (Å²) in [7, 11) is 0. The summed E-state index contributed by atoms with van der Waals surface area (Å²) in [5.74, 6) is 2.01. The van der Waals surface area contributed by atoms with E-state index in [2.05, 4.69) is 41.4 Å². The minimum absolute atomic E-state index is 0.0817. The number of benzene rings is 2. The maximum atomic E-state index is 13.8. The van der Waals surface area contributed by atoms with E-state index in [1.54, 1.807) is 6.07 Å². The van der Waals surface area contributed by atoms with Gasteiger partial charge in [-0.05, 0) is 50.0 Å². The molecule has 0 aliphatic carbocycles. The normalized spacial score (nSPS) is 15.5. The number of likely N-dealkylation sites (tertiary alicyclic amines) is 1. The van der Waals surface area contributed by atoms with Crippen molar-refractivity contribution in [1.82, 2.24) is 10.2 Å². The van der Waals surface area contributed by atoms with Gasteiger partial charge in [-0.2, -0.15) is 11.8 Å². The fourth-order valence-corrected chi connectivity index (χ4v) is 4.50. The third kappa shape index (κ3) is 6.08. The predicted octanol–water partition coefficient (Wildman–Crippen LogP) is 4.40. The van der Waals surface area contributed by atoms with Crippen molar-refractivity contribution in [2.45, 2.75) is 32.1 Å². The molecule has 2 aromatic rings. The molecule has 5 heteroatoms. The third-order valence-corrected chi connectivity index (χ3v) is 6.38. The molecule has 3 rings (SSSR count). The van der Waals surface area contributed by atoms with Crippen molar-refractivity contribution in [3.63, 3.8) is 0 Å². The number of hydrogen-bond donors (Lipinski definition) is 1. The van der Waals surface area contributed by atoms with Crippen LogP contribution in [0.15, 0.2) is 48.5 Å². The zero-order valence-electron chi connectivity index (χ0n) is 16.5. The molecule has 3 nitrogen and oxygen atoms in total. The first kappa shape index (κ1) is 20.9. The van der Waals surface area contributed by atoms with Crippen LogP contribution in [0.3, 0.4) is 0 Å². The predicted molar refractivity (Wildman–Crippen MR) is 115 cm³/mol. The molecule has 2 aromatic carbocycles. The summed E-state index contributed by atoms with van der Waals surface area (Å²) < 4.78 is 13.8. The largest absolute Gasteiger partial charge is 0.355 e. The van der Waals surface area contributed by atoms with Crippen molar-refractivity contribution in [2.75, 3.05) is 25.4 Å². The average molecular weight is 401 g/mol. The van der Waals surface area contributed by atoms with Gasteiger partial charge in [0.1, 0.15) is 5.82 Å². The van der Waals surface area contributed by atoms with Crippen LogP contribution in [-0.4, -0.2) is 36.2 Å². The lowest BCUT2D eigenvalue weighted by molar-refractivity contribution is -0.126. The fourth-order valence-electron chi connectivity index (χ4n) is 3.57. The van der Waals surface area contributed by atoms with E-state index in [1.165, 1.54) is 17.2 Å². The molecule has 1 aliphatic rings. The third-order valence-electron chi connectivity index (χ3n) is 5.37. The Balaban J connectivity index is 1.32. The number of aryl methyl sites for hydroxylation is 1. The molecule has 1 fully saturated rings. The Morgan fingerprint density at radius 3 is 2.50 bits per heavy atom. The molecule has 0 saturated carbocycles. The van der Waals surface area contributed by atoms with Gasteiger partial charge < -0.3 is 5.32 Å². The SMILES string of the molecule is Cc1ccccc1CSCCNC(=O)C1CCN(Cc2ccccc2F)CC1. The lowest BCUT2D eigenvalue weighted by atomic mass is 9.95. The van der Waals surface area contributed by atoms with Crippen LogP contribution in [0.4, 0.5) is 4.39 Å². The smallest absolute Gasteiger partial charge is 0.223 e. The van der Waals surface area contributed by atoms with E-state index in [-0.39, 0.29) is 17.6 Å². The van der Waals surface area contributed by atoms with Gasteiger partial charge in [0.15, 0.2) is 0 Å². The second-order valence-electron chi connectivity index (χ2n) is 7.41. The van der Waals surface area contributed by atoms with Gasteiger partial charge in [0, 0.05) is 36.1 Å². The molecular weight excluding hydrogens is 371 g/mol. The molecule has 1 amide bonds. The number of amides is 1. The standard InChI is InChI=1S/C23H29FN2OS/c1-18-6-2-3-8-21(18)17-28-15-12-25-23(27)19-10-13-26(14-11-19)16-20-7-4-5-9-22(20)24/h2-9,19H,10-17H2,1H3,(H,25,27). The van der Waals surface area contributed by atoms with Gasteiger partial charge in [-0.15, -0.1) is 0 Å². The number of thioether (sulfide) groups is 1. The first-order valence-electron chi connectivity index (χ1n) is 9.99. The quantitative estimate of drug-likeness (QED) is 0.667. The number of carbonyl (C=O) groups excluding carboxylic acids is 1. The van der Waals surface area contributed by atoms with Crippen LogP contribution in [-0.2, 0) is 17.1 Å². The van der Waals surface area contributed by atoms with E-state index in [1.807, 2.05) is 23.9 Å². The monoisotopic (exact) mass is 400 g/mol. The number of carbonyl (C=O) groups is 1. The number of hydrogen-bond acceptors (Lipinski definition) is 3. The lowest BCUT2D eigenvalue weighted by Crippen LogP contribution is -2.40. The van der Waals surface area contributed by atoms with E-state index in [4.69, 9.17) is 0 Å². The summed E-state index contributed by atoms with van der Waals surface area (Å²) in [6, 6.07) is 15.4. The van der Waals surface area contributed by atoms with E-state index >= 15 is 0 Å². The van der Waals surface area contributed by atoms with Crippen LogP contribution in [0, 0.1) is 18.7 Å². The molecule has 0 unspecified atom stereocenters. The Morgan fingerprint density at radius 2 is 1.79 bits per heavy atom. The molecule has 0 spiro atoms. The molecule has 1 heterocycles. The highest BCUT2D eigenvalue weighted by Gasteiger charge is 2.25. The number of nitrogens with zero attached hydrogens (tertiary/aromatic N) is 1.